The summed E-state index contributed by atoms with van der Waals surface area (Å²) >= 11 is 3.49. The third-order valence-electron chi connectivity index (χ3n) is 6.40. The Hall–Kier alpha value is -2.80. The van der Waals surface area contributed by atoms with Crippen molar-refractivity contribution in [2.24, 2.45) is 0 Å². The summed E-state index contributed by atoms with van der Waals surface area (Å²) < 4.78 is 1.78. The van der Waals surface area contributed by atoms with Crippen molar-refractivity contribution >= 4 is 43.7 Å². The molecule has 4 nitrogen and oxygen atoms in total. The van der Waals surface area contributed by atoms with Gasteiger partial charge in [-0.2, -0.15) is 0 Å². The molecule has 0 amide bonds. The fraction of sp³-hybridized carbons (Fsp3) is 0.231. The van der Waals surface area contributed by atoms with Gasteiger partial charge in [-0.3, -0.25) is 9.36 Å². The van der Waals surface area contributed by atoms with Gasteiger partial charge in [0.1, 0.15) is 4.83 Å². The molecule has 1 N–H and O–H groups in total. The van der Waals surface area contributed by atoms with Gasteiger partial charge < -0.3 is 5.32 Å². The SMILES string of the molecule is O=c1c2c3c(sc2ncn1Cc1cccc2ccccc12)CC(NCc1cccs1)CC3. The molecule has 5 aromatic rings. The van der Waals surface area contributed by atoms with Gasteiger partial charge in [-0.25, -0.2) is 4.98 Å². The summed E-state index contributed by atoms with van der Waals surface area (Å²) in [5.74, 6) is 0. The number of hydrogen-bond acceptors (Lipinski definition) is 5. The lowest BCUT2D eigenvalue weighted by Crippen LogP contribution is -2.33. The van der Waals surface area contributed by atoms with Gasteiger partial charge in [0, 0.05) is 22.3 Å². The van der Waals surface area contributed by atoms with E-state index in [9.17, 15) is 4.79 Å². The average Bonchev–Trinajstić information content (AvgIpc) is 3.47. The van der Waals surface area contributed by atoms with Crippen molar-refractivity contribution in [2.45, 2.75) is 38.4 Å². The average molecular weight is 458 g/mol. The monoisotopic (exact) mass is 457 g/mol. The first-order valence-electron chi connectivity index (χ1n) is 11.0. The predicted molar refractivity (Wildman–Crippen MR) is 134 cm³/mol. The molecule has 6 rings (SSSR count). The van der Waals surface area contributed by atoms with Gasteiger partial charge in [0.15, 0.2) is 0 Å². The second kappa shape index (κ2) is 8.28. The highest BCUT2D eigenvalue weighted by molar-refractivity contribution is 7.18. The number of rotatable bonds is 5. The highest BCUT2D eigenvalue weighted by Gasteiger charge is 2.25. The van der Waals surface area contributed by atoms with Crippen LogP contribution in [0.5, 0.6) is 0 Å². The third-order valence-corrected chi connectivity index (χ3v) is 8.44. The standard InChI is InChI=1S/C26H23N3OS2/c30-26-24-22-11-10-19(27-14-20-8-4-12-31-20)13-23(22)32-25(24)28-16-29(26)15-18-7-3-6-17-5-1-2-9-21(17)18/h1-9,12,16,19,27H,10-11,13-15H2. The van der Waals surface area contributed by atoms with E-state index in [4.69, 9.17) is 4.98 Å². The molecule has 1 unspecified atom stereocenters. The Morgan fingerprint density at radius 3 is 2.91 bits per heavy atom. The summed E-state index contributed by atoms with van der Waals surface area (Å²) in [7, 11) is 0. The van der Waals surface area contributed by atoms with Crippen molar-refractivity contribution in [3.63, 3.8) is 0 Å². The fourth-order valence-corrected chi connectivity index (χ4v) is 6.67. The van der Waals surface area contributed by atoms with Gasteiger partial charge in [-0.15, -0.1) is 22.7 Å². The molecule has 2 aromatic carbocycles. The maximum Gasteiger partial charge on any atom is 0.262 e. The normalized spacial score (nSPS) is 15.9. The van der Waals surface area contributed by atoms with Gasteiger partial charge in [-0.1, -0.05) is 48.5 Å². The molecule has 3 aromatic heterocycles. The van der Waals surface area contributed by atoms with E-state index in [0.29, 0.717) is 12.6 Å². The van der Waals surface area contributed by atoms with Crippen LogP contribution in [-0.2, 0) is 25.9 Å². The fourth-order valence-electron chi connectivity index (χ4n) is 4.76. The van der Waals surface area contributed by atoms with Gasteiger partial charge >= 0.3 is 0 Å². The molecule has 1 aliphatic carbocycles. The van der Waals surface area contributed by atoms with Crippen LogP contribution in [0.2, 0.25) is 0 Å². The van der Waals surface area contributed by atoms with Crippen LogP contribution >= 0.6 is 22.7 Å². The number of aryl methyl sites for hydroxylation is 1. The molecule has 0 saturated heterocycles. The maximum atomic E-state index is 13.5. The minimum Gasteiger partial charge on any atom is -0.309 e. The summed E-state index contributed by atoms with van der Waals surface area (Å²) in [6.07, 6.45) is 4.69. The summed E-state index contributed by atoms with van der Waals surface area (Å²) in [6.45, 7) is 1.46. The Morgan fingerprint density at radius 1 is 1.09 bits per heavy atom. The van der Waals surface area contributed by atoms with Crippen LogP contribution < -0.4 is 10.9 Å². The number of thiophene rings is 2. The van der Waals surface area contributed by atoms with Crippen molar-refractivity contribution in [3.05, 3.63) is 97.5 Å². The molecule has 6 heteroatoms. The molecule has 3 heterocycles. The number of nitrogens with zero attached hydrogens (tertiary/aromatic N) is 2. The molecule has 1 atom stereocenters. The second-order valence-electron chi connectivity index (χ2n) is 8.40. The molecule has 1 aliphatic rings. The highest BCUT2D eigenvalue weighted by atomic mass is 32.1. The second-order valence-corrected chi connectivity index (χ2v) is 10.5. The minimum absolute atomic E-state index is 0.0884. The number of hydrogen-bond donors (Lipinski definition) is 1. The van der Waals surface area contributed by atoms with E-state index < -0.39 is 0 Å². The van der Waals surface area contributed by atoms with Crippen molar-refractivity contribution in [1.29, 1.82) is 0 Å². The van der Waals surface area contributed by atoms with E-state index in [0.717, 1.165) is 41.6 Å². The van der Waals surface area contributed by atoms with Crippen molar-refractivity contribution in [2.75, 3.05) is 0 Å². The Labute approximate surface area is 194 Å². The van der Waals surface area contributed by atoms with E-state index in [1.165, 1.54) is 26.1 Å². The van der Waals surface area contributed by atoms with Crippen LogP contribution in [0.1, 0.15) is 27.3 Å². The van der Waals surface area contributed by atoms with E-state index in [2.05, 4.69) is 53.2 Å². The molecule has 0 bridgehead atoms. The van der Waals surface area contributed by atoms with Crippen LogP contribution in [0, 0.1) is 0 Å². The quantitative estimate of drug-likeness (QED) is 0.386. The van der Waals surface area contributed by atoms with Crippen LogP contribution in [0.25, 0.3) is 21.0 Å². The number of benzene rings is 2. The van der Waals surface area contributed by atoms with Crippen molar-refractivity contribution < 1.29 is 0 Å². The van der Waals surface area contributed by atoms with E-state index in [1.54, 1.807) is 33.6 Å². The molecule has 0 saturated carbocycles. The molecule has 160 valence electrons. The van der Waals surface area contributed by atoms with Crippen LogP contribution in [-0.4, -0.2) is 15.6 Å². The van der Waals surface area contributed by atoms with Crippen LogP contribution in [0.4, 0.5) is 0 Å². The lowest BCUT2D eigenvalue weighted by Gasteiger charge is -2.23. The molecule has 0 radical (unpaired) electrons. The summed E-state index contributed by atoms with van der Waals surface area (Å²) in [5, 5.41) is 9.04. The molecule has 0 spiro atoms. The Morgan fingerprint density at radius 2 is 2.00 bits per heavy atom. The molecule has 0 fully saturated rings. The van der Waals surface area contributed by atoms with E-state index in [1.807, 2.05) is 12.1 Å². The van der Waals surface area contributed by atoms with Crippen LogP contribution in [0.3, 0.4) is 0 Å². The zero-order valence-electron chi connectivity index (χ0n) is 17.6. The van der Waals surface area contributed by atoms with Crippen LogP contribution in [0.15, 0.2) is 71.1 Å². The zero-order valence-corrected chi connectivity index (χ0v) is 19.2. The lowest BCUT2D eigenvalue weighted by molar-refractivity contribution is 0.464. The molecular weight excluding hydrogens is 434 g/mol. The smallest absolute Gasteiger partial charge is 0.262 e. The molecular formula is C26H23N3OS2. The van der Waals surface area contributed by atoms with Gasteiger partial charge in [-0.05, 0) is 52.6 Å². The molecule has 32 heavy (non-hydrogen) atoms. The minimum atomic E-state index is 0.0884. The van der Waals surface area contributed by atoms with Gasteiger partial charge in [0.2, 0.25) is 0 Å². The summed E-state index contributed by atoms with van der Waals surface area (Å²) in [4.78, 5) is 21.7. The van der Waals surface area contributed by atoms with Gasteiger partial charge in [0.25, 0.3) is 5.56 Å². The largest absolute Gasteiger partial charge is 0.309 e. The third kappa shape index (κ3) is 3.58. The van der Waals surface area contributed by atoms with Crippen molar-refractivity contribution in [3.8, 4) is 0 Å². The first-order valence-corrected chi connectivity index (χ1v) is 12.7. The summed E-state index contributed by atoms with van der Waals surface area (Å²) in [5.41, 5.74) is 2.46. The molecule has 0 aliphatic heterocycles. The number of fused-ring (bicyclic) bond motifs is 4. The van der Waals surface area contributed by atoms with Crippen molar-refractivity contribution in [1.82, 2.24) is 14.9 Å². The van der Waals surface area contributed by atoms with Gasteiger partial charge in [0.05, 0.1) is 18.3 Å². The number of nitrogens with one attached hydrogen (secondary N) is 1. The maximum absolute atomic E-state index is 13.5. The first-order chi connectivity index (χ1) is 15.8. The van der Waals surface area contributed by atoms with E-state index in [-0.39, 0.29) is 5.56 Å². The Bertz CT molecular complexity index is 1460. The Kier molecular flexibility index (Phi) is 5.14. The number of aromatic nitrogens is 2. The topological polar surface area (TPSA) is 46.9 Å². The first kappa shape index (κ1) is 19.9. The Balaban J connectivity index is 1.30. The lowest BCUT2D eigenvalue weighted by atomic mass is 9.93. The predicted octanol–water partition coefficient (Wildman–Crippen LogP) is 5.37. The summed E-state index contributed by atoms with van der Waals surface area (Å²) in [6, 6.07) is 19.3. The highest BCUT2D eigenvalue weighted by Crippen LogP contribution is 2.34. The van der Waals surface area contributed by atoms with E-state index >= 15 is 0 Å². The zero-order chi connectivity index (χ0) is 21.5.